The number of ether oxygens (including phenoxy) is 5. The number of nitrogens with one attached hydrogen (secondary N) is 1. The van der Waals surface area contributed by atoms with E-state index in [1.807, 2.05) is 12.1 Å². The highest BCUT2D eigenvalue weighted by Crippen LogP contribution is 2.41. The quantitative estimate of drug-likeness (QED) is 0.542. The number of benzene rings is 2. The summed E-state index contributed by atoms with van der Waals surface area (Å²) < 4.78 is 26.9. The maximum atomic E-state index is 13.0. The van der Waals surface area contributed by atoms with Gasteiger partial charge in [0.05, 0.1) is 46.6 Å². The summed E-state index contributed by atoms with van der Waals surface area (Å²) in [5.41, 5.74) is 2.16. The molecule has 1 saturated heterocycles. The molecule has 0 unspecified atom stereocenters. The van der Waals surface area contributed by atoms with Crippen LogP contribution in [0.1, 0.15) is 0 Å². The van der Waals surface area contributed by atoms with Crippen molar-refractivity contribution in [2.45, 2.75) is 0 Å². The summed E-state index contributed by atoms with van der Waals surface area (Å²) in [6.07, 6.45) is 0. The molecule has 11 heteroatoms. The molecule has 4 rings (SSSR count). The van der Waals surface area contributed by atoms with Crippen LogP contribution in [0, 0.1) is 0 Å². The van der Waals surface area contributed by atoms with E-state index >= 15 is 0 Å². The van der Waals surface area contributed by atoms with Crippen molar-refractivity contribution in [2.75, 3.05) is 71.9 Å². The monoisotopic (exact) mass is 483 g/mol. The fourth-order valence-electron chi connectivity index (χ4n) is 3.97. The number of amides is 2. The van der Waals surface area contributed by atoms with Gasteiger partial charge in [-0.1, -0.05) is 0 Å². The number of anilines is 2. The molecule has 1 aliphatic heterocycles. The van der Waals surface area contributed by atoms with Gasteiger partial charge in [0, 0.05) is 50.1 Å². The summed E-state index contributed by atoms with van der Waals surface area (Å²) >= 11 is 0. The van der Waals surface area contributed by atoms with Crippen LogP contribution in [0.4, 0.5) is 16.3 Å². The molecule has 0 spiro atoms. The van der Waals surface area contributed by atoms with Gasteiger partial charge in [-0.3, -0.25) is 5.32 Å². The van der Waals surface area contributed by atoms with Crippen LogP contribution >= 0.6 is 0 Å². The Balaban J connectivity index is 1.46. The van der Waals surface area contributed by atoms with Crippen molar-refractivity contribution in [3.8, 4) is 28.9 Å². The van der Waals surface area contributed by atoms with Gasteiger partial charge in [0.2, 0.25) is 5.75 Å². The zero-order chi connectivity index (χ0) is 24.9. The van der Waals surface area contributed by atoms with Gasteiger partial charge >= 0.3 is 6.03 Å². The Morgan fingerprint density at radius 3 is 2.06 bits per heavy atom. The minimum absolute atomic E-state index is 0.232. The highest BCUT2D eigenvalue weighted by atomic mass is 16.5. The van der Waals surface area contributed by atoms with Gasteiger partial charge < -0.3 is 33.5 Å². The molecule has 0 aliphatic carbocycles. The average Bonchev–Trinajstić information content (AvgIpc) is 2.91. The van der Waals surface area contributed by atoms with E-state index in [4.69, 9.17) is 23.7 Å². The third-order valence-corrected chi connectivity index (χ3v) is 5.84. The molecule has 0 saturated carbocycles. The minimum atomic E-state index is -0.269. The normalized spacial score (nSPS) is 13.4. The molecule has 1 fully saturated rings. The maximum Gasteiger partial charge on any atom is 0.323 e. The summed E-state index contributed by atoms with van der Waals surface area (Å²) in [4.78, 5) is 25.9. The predicted octanol–water partition coefficient (Wildman–Crippen LogP) is 3.03. The fraction of sp³-hybridized carbons (Fsp3) is 0.375. The molecule has 1 aliphatic rings. The molecule has 0 bridgehead atoms. The molecule has 2 heterocycles. The Labute approximate surface area is 203 Å². The van der Waals surface area contributed by atoms with Crippen molar-refractivity contribution in [2.24, 2.45) is 0 Å². The number of urea groups is 1. The summed E-state index contributed by atoms with van der Waals surface area (Å²) in [5.74, 6) is 2.87. The van der Waals surface area contributed by atoms with E-state index in [1.54, 1.807) is 51.5 Å². The summed E-state index contributed by atoms with van der Waals surface area (Å²) in [7, 11) is 7.82. The summed E-state index contributed by atoms with van der Waals surface area (Å²) in [5, 5.41) is 2.84. The van der Waals surface area contributed by atoms with Crippen molar-refractivity contribution in [1.29, 1.82) is 0 Å². The third kappa shape index (κ3) is 4.88. The van der Waals surface area contributed by atoms with Crippen molar-refractivity contribution in [1.82, 2.24) is 14.9 Å². The lowest BCUT2D eigenvalue weighted by atomic mass is 10.2. The molecule has 2 aromatic carbocycles. The van der Waals surface area contributed by atoms with Crippen LogP contribution in [0.5, 0.6) is 28.9 Å². The van der Waals surface area contributed by atoms with E-state index in [-0.39, 0.29) is 17.7 Å². The van der Waals surface area contributed by atoms with Crippen LogP contribution in [0.2, 0.25) is 0 Å². The first-order valence-corrected chi connectivity index (χ1v) is 11.0. The Kier molecular flexibility index (Phi) is 7.14. The van der Waals surface area contributed by atoms with Gasteiger partial charge in [0.15, 0.2) is 17.3 Å². The Bertz CT molecular complexity index is 1190. The maximum absolute atomic E-state index is 13.0. The Hall–Kier alpha value is -4.15. The number of carbonyl (C=O) groups excluding carboxylic acids is 1. The number of piperazine rings is 1. The Morgan fingerprint density at radius 2 is 1.49 bits per heavy atom. The number of fused-ring (bicyclic) bond motifs is 1. The molecule has 2 amide bonds. The lowest BCUT2D eigenvalue weighted by molar-refractivity contribution is 0.208. The standard InChI is InChI=1S/C24H29N5O6/c1-31-16-6-7-17-18(14-16)26-23(35-5)22(25-17)27-24(30)29-10-8-28(9-11-29)15-12-19(32-2)21(34-4)20(13-15)33-3/h6-7,12-14H,8-11H2,1-5H3,(H,25,27,30). The van der Waals surface area contributed by atoms with Crippen molar-refractivity contribution in [3.05, 3.63) is 30.3 Å². The number of aromatic nitrogens is 2. The van der Waals surface area contributed by atoms with Gasteiger partial charge in [0.1, 0.15) is 5.75 Å². The molecule has 186 valence electrons. The van der Waals surface area contributed by atoms with E-state index in [2.05, 4.69) is 20.2 Å². The molecule has 1 aromatic heterocycles. The van der Waals surface area contributed by atoms with Gasteiger partial charge in [-0.2, -0.15) is 0 Å². The SMILES string of the molecule is COc1ccc2nc(NC(=O)N3CCN(c4cc(OC)c(OC)c(OC)c4)CC3)c(OC)nc2c1. The molecule has 0 atom stereocenters. The van der Waals surface area contributed by atoms with Crippen LogP contribution in [-0.2, 0) is 0 Å². The molecule has 35 heavy (non-hydrogen) atoms. The molecular weight excluding hydrogens is 454 g/mol. The van der Waals surface area contributed by atoms with E-state index in [0.29, 0.717) is 60.2 Å². The minimum Gasteiger partial charge on any atom is -0.497 e. The topological polar surface area (TPSA) is 108 Å². The van der Waals surface area contributed by atoms with E-state index < -0.39 is 0 Å². The van der Waals surface area contributed by atoms with Crippen LogP contribution in [0.3, 0.4) is 0 Å². The van der Waals surface area contributed by atoms with Crippen LogP contribution in [0.25, 0.3) is 11.0 Å². The first kappa shape index (κ1) is 24.0. The lowest BCUT2D eigenvalue weighted by Gasteiger charge is -2.36. The number of carbonyl (C=O) groups is 1. The largest absolute Gasteiger partial charge is 0.497 e. The smallest absolute Gasteiger partial charge is 0.323 e. The molecule has 11 nitrogen and oxygen atoms in total. The first-order chi connectivity index (χ1) is 17.0. The van der Waals surface area contributed by atoms with Crippen molar-refractivity contribution >= 4 is 28.6 Å². The van der Waals surface area contributed by atoms with Gasteiger partial charge in [-0.25, -0.2) is 14.8 Å². The van der Waals surface area contributed by atoms with E-state index in [9.17, 15) is 4.79 Å². The highest BCUT2D eigenvalue weighted by Gasteiger charge is 2.25. The molecular formula is C24H29N5O6. The van der Waals surface area contributed by atoms with Gasteiger partial charge in [-0.05, 0) is 12.1 Å². The molecule has 0 radical (unpaired) electrons. The second-order valence-electron chi connectivity index (χ2n) is 7.72. The highest BCUT2D eigenvalue weighted by molar-refractivity contribution is 5.91. The lowest BCUT2D eigenvalue weighted by Crippen LogP contribution is -2.50. The second-order valence-corrected chi connectivity index (χ2v) is 7.72. The first-order valence-electron chi connectivity index (χ1n) is 11.0. The molecule has 1 N–H and O–H groups in total. The van der Waals surface area contributed by atoms with Crippen LogP contribution in [-0.4, -0.2) is 82.6 Å². The van der Waals surface area contributed by atoms with Crippen LogP contribution in [0.15, 0.2) is 30.3 Å². The zero-order valence-corrected chi connectivity index (χ0v) is 20.5. The third-order valence-electron chi connectivity index (χ3n) is 5.84. The fourth-order valence-corrected chi connectivity index (χ4v) is 3.97. The van der Waals surface area contributed by atoms with Gasteiger partial charge in [-0.15, -0.1) is 0 Å². The predicted molar refractivity (Wildman–Crippen MR) is 132 cm³/mol. The van der Waals surface area contributed by atoms with Gasteiger partial charge in [0.25, 0.3) is 5.88 Å². The second kappa shape index (κ2) is 10.4. The van der Waals surface area contributed by atoms with Crippen LogP contribution < -0.4 is 33.9 Å². The molecule has 3 aromatic rings. The number of rotatable bonds is 7. The van der Waals surface area contributed by atoms with Crippen molar-refractivity contribution in [3.63, 3.8) is 0 Å². The Morgan fingerprint density at radius 1 is 0.800 bits per heavy atom. The number of hydrogen-bond donors (Lipinski definition) is 1. The number of nitrogens with zero attached hydrogens (tertiary/aromatic N) is 4. The summed E-state index contributed by atoms with van der Waals surface area (Å²) in [6.45, 7) is 2.30. The number of methoxy groups -OCH3 is 5. The van der Waals surface area contributed by atoms with Crippen molar-refractivity contribution < 1.29 is 28.5 Å². The van der Waals surface area contributed by atoms with E-state index in [1.165, 1.54) is 7.11 Å². The zero-order valence-electron chi connectivity index (χ0n) is 20.5. The summed E-state index contributed by atoms with van der Waals surface area (Å²) in [6, 6.07) is 8.88. The van der Waals surface area contributed by atoms with E-state index in [0.717, 1.165) is 5.69 Å². The number of hydrogen-bond acceptors (Lipinski definition) is 9. The average molecular weight is 484 g/mol.